The van der Waals surface area contributed by atoms with Crippen LogP contribution in [-0.4, -0.2) is 20.9 Å². The summed E-state index contributed by atoms with van der Waals surface area (Å²) in [5, 5.41) is 26.0. The fraction of sp³-hybridized carbons (Fsp3) is 0.304. The van der Waals surface area contributed by atoms with Crippen molar-refractivity contribution >= 4 is 22.5 Å². The zero-order valence-electron chi connectivity index (χ0n) is 16.5. The first kappa shape index (κ1) is 19.8. The van der Waals surface area contributed by atoms with Gasteiger partial charge in [-0.1, -0.05) is 49.6 Å². The Kier molecular flexibility index (Phi) is 5.61. The second kappa shape index (κ2) is 8.49. The number of hydrogen-bond donors (Lipinski definition) is 2. The maximum absolute atomic E-state index is 13.0. The first-order chi connectivity index (χ1) is 14.6. The maximum atomic E-state index is 13.0. The smallest absolute Gasteiger partial charge is 0.279 e. The molecule has 1 aliphatic carbocycles. The van der Waals surface area contributed by atoms with E-state index in [4.69, 9.17) is 0 Å². The van der Waals surface area contributed by atoms with Crippen LogP contribution in [0.5, 0.6) is 5.75 Å². The number of rotatable bonds is 5. The van der Waals surface area contributed by atoms with E-state index in [9.17, 15) is 20.0 Å². The Hall–Kier alpha value is -3.48. The van der Waals surface area contributed by atoms with Gasteiger partial charge in [-0.05, 0) is 30.5 Å². The Bertz CT molecular complexity index is 1080. The van der Waals surface area contributed by atoms with Crippen molar-refractivity contribution in [3.8, 4) is 5.75 Å². The topological polar surface area (TPSA) is 105 Å². The van der Waals surface area contributed by atoms with Crippen LogP contribution < -0.4 is 5.32 Å². The molecule has 0 aliphatic heterocycles. The van der Waals surface area contributed by atoms with Gasteiger partial charge < -0.3 is 10.4 Å². The van der Waals surface area contributed by atoms with Crippen LogP contribution in [0.4, 0.5) is 5.69 Å². The van der Waals surface area contributed by atoms with Crippen molar-refractivity contribution in [2.45, 2.75) is 38.1 Å². The van der Waals surface area contributed by atoms with Gasteiger partial charge in [0.15, 0.2) is 0 Å². The molecule has 1 aliphatic rings. The molecule has 30 heavy (non-hydrogen) atoms. The third-order valence-corrected chi connectivity index (χ3v) is 5.78. The van der Waals surface area contributed by atoms with Gasteiger partial charge in [-0.15, -0.1) is 0 Å². The van der Waals surface area contributed by atoms with E-state index in [1.807, 2.05) is 30.3 Å². The number of hydrogen-bond acceptors (Lipinski definition) is 5. The number of phenols is 1. The summed E-state index contributed by atoms with van der Waals surface area (Å²) in [6.45, 7) is 0. The molecular weight excluding hydrogens is 382 g/mol. The minimum Gasteiger partial charge on any atom is -0.505 e. The lowest BCUT2D eigenvalue weighted by atomic mass is 9.87. The van der Waals surface area contributed by atoms with Gasteiger partial charge in [0.25, 0.3) is 5.69 Å². The molecule has 7 heteroatoms. The first-order valence-corrected chi connectivity index (χ1v) is 10.2. The van der Waals surface area contributed by atoms with Crippen LogP contribution in [0.15, 0.2) is 54.7 Å². The van der Waals surface area contributed by atoms with Crippen molar-refractivity contribution in [2.75, 3.05) is 0 Å². The summed E-state index contributed by atoms with van der Waals surface area (Å²) in [4.78, 5) is 28.4. The number of fused-ring (bicyclic) bond motifs is 1. The van der Waals surface area contributed by atoms with Crippen LogP contribution in [0.1, 0.15) is 49.3 Å². The van der Waals surface area contributed by atoms with Crippen molar-refractivity contribution < 1.29 is 14.8 Å². The van der Waals surface area contributed by atoms with Crippen LogP contribution in [0.3, 0.4) is 0 Å². The Balaban J connectivity index is 1.83. The molecule has 1 aromatic heterocycles. The third-order valence-electron chi connectivity index (χ3n) is 5.78. The Morgan fingerprint density at radius 3 is 2.57 bits per heavy atom. The highest BCUT2D eigenvalue weighted by molar-refractivity contribution is 5.94. The van der Waals surface area contributed by atoms with Crippen LogP contribution in [0.25, 0.3) is 10.9 Å². The lowest BCUT2D eigenvalue weighted by molar-refractivity contribution is -0.383. The van der Waals surface area contributed by atoms with Gasteiger partial charge in [0.05, 0.1) is 16.4 Å². The molecule has 1 unspecified atom stereocenters. The molecule has 2 N–H and O–H groups in total. The number of pyridine rings is 1. The molecule has 0 bridgehead atoms. The van der Waals surface area contributed by atoms with E-state index in [1.165, 1.54) is 12.3 Å². The summed E-state index contributed by atoms with van der Waals surface area (Å²) in [7, 11) is 0. The number of nitrogens with zero attached hydrogens (tertiary/aromatic N) is 2. The fourth-order valence-electron chi connectivity index (χ4n) is 4.21. The van der Waals surface area contributed by atoms with Gasteiger partial charge in [0.1, 0.15) is 11.3 Å². The third kappa shape index (κ3) is 3.83. The van der Waals surface area contributed by atoms with Crippen molar-refractivity contribution in [1.82, 2.24) is 10.3 Å². The number of nitro groups is 1. The summed E-state index contributed by atoms with van der Waals surface area (Å²) >= 11 is 0. The number of aromatic hydroxyl groups is 1. The number of carbonyl (C=O) groups excluding carboxylic acids is 1. The van der Waals surface area contributed by atoms with Gasteiger partial charge >= 0.3 is 0 Å². The predicted molar refractivity (Wildman–Crippen MR) is 113 cm³/mol. The van der Waals surface area contributed by atoms with Crippen molar-refractivity contribution in [3.05, 3.63) is 76.0 Å². The zero-order chi connectivity index (χ0) is 21.1. The molecule has 154 valence electrons. The number of nitrogens with one attached hydrogen (secondary N) is 1. The molecule has 4 rings (SSSR count). The van der Waals surface area contributed by atoms with Crippen molar-refractivity contribution in [2.24, 2.45) is 5.92 Å². The van der Waals surface area contributed by atoms with E-state index in [0.29, 0.717) is 0 Å². The molecule has 0 radical (unpaired) electrons. The average Bonchev–Trinajstić information content (AvgIpc) is 2.79. The minimum atomic E-state index is -0.717. The molecule has 7 nitrogen and oxygen atoms in total. The Labute approximate surface area is 173 Å². The number of benzene rings is 2. The van der Waals surface area contributed by atoms with E-state index in [2.05, 4.69) is 10.3 Å². The SMILES string of the molecule is O=C(NC(c1ccccc1)c1cc([N+](=O)[O-])c2cccnc2c1O)C1CCCCC1. The minimum absolute atomic E-state index is 0.0827. The molecule has 0 saturated heterocycles. The van der Waals surface area contributed by atoms with Gasteiger partial charge in [0.2, 0.25) is 5.91 Å². The highest BCUT2D eigenvalue weighted by Gasteiger charge is 2.29. The summed E-state index contributed by atoms with van der Waals surface area (Å²) < 4.78 is 0. The number of phenolic OH excluding ortho intramolecular Hbond substituents is 1. The first-order valence-electron chi connectivity index (χ1n) is 10.2. The summed E-state index contributed by atoms with van der Waals surface area (Å²) in [6.07, 6.45) is 6.32. The van der Waals surface area contributed by atoms with E-state index in [1.54, 1.807) is 12.1 Å². The molecule has 1 heterocycles. The fourth-order valence-corrected chi connectivity index (χ4v) is 4.21. The number of nitro benzene ring substituents is 1. The Morgan fingerprint density at radius 1 is 1.13 bits per heavy atom. The highest BCUT2D eigenvalue weighted by atomic mass is 16.6. The van der Waals surface area contributed by atoms with Crippen molar-refractivity contribution in [1.29, 1.82) is 0 Å². The quantitative estimate of drug-likeness (QED) is 0.475. The van der Waals surface area contributed by atoms with E-state index in [0.717, 1.165) is 37.7 Å². The average molecular weight is 405 g/mol. The van der Waals surface area contributed by atoms with Crippen molar-refractivity contribution in [3.63, 3.8) is 0 Å². The lowest BCUT2D eigenvalue weighted by Crippen LogP contribution is -2.35. The standard InChI is InChI=1S/C23H23N3O4/c27-22-18(14-19(26(29)30)17-12-7-13-24-21(17)22)20(15-8-3-1-4-9-15)25-23(28)16-10-5-2-6-11-16/h1,3-4,7-9,12-14,16,20,27H,2,5-6,10-11H2,(H,25,28). The van der Waals surface area contributed by atoms with Crippen LogP contribution in [-0.2, 0) is 4.79 Å². The van der Waals surface area contributed by atoms with E-state index in [-0.39, 0.29) is 39.7 Å². The zero-order valence-corrected chi connectivity index (χ0v) is 16.5. The molecule has 2 aromatic carbocycles. The summed E-state index contributed by atoms with van der Waals surface area (Å²) in [6, 6.07) is 13.0. The van der Waals surface area contributed by atoms with Crippen LogP contribution >= 0.6 is 0 Å². The number of amides is 1. The highest BCUT2D eigenvalue weighted by Crippen LogP contribution is 2.39. The maximum Gasteiger partial charge on any atom is 0.279 e. The summed E-state index contributed by atoms with van der Waals surface area (Å²) in [5.74, 6) is -0.332. The lowest BCUT2D eigenvalue weighted by Gasteiger charge is -2.26. The molecular formula is C23H23N3O4. The number of aromatic nitrogens is 1. The molecule has 0 spiro atoms. The molecule has 1 atom stereocenters. The van der Waals surface area contributed by atoms with Gasteiger partial charge in [-0.3, -0.25) is 19.9 Å². The summed E-state index contributed by atoms with van der Waals surface area (Å²) in [5.41, 5.74) is 0.998. The predicted octanol–water partition coefficient (Wildman–Crippen LogP) is 4.63. The largest absolute Gasteiger partial charge is 0.505 e. The molecule has 1 fully saturated rings. The molecule has 1 saturated carbocycles. The van der Waals surface area contributed by atoms with E-state index < -0.39 is 11.0 Å². The monoisotopic (exact) mass is 405 g/mol. The molecule has 3 aromatic rings. The second-order valence-electron chi connectivity index (χ2n) is 7.68. The van der Waals surface area contributed by atoms with Gasteiger partial charge in [-0.25, -0.2) is 0 Å². The molecule has 1 amide bonds. The van der Waals surface area contributed by atoms with E-state index >= 15 is 0 Å². The van der Waals surface area contributed by atoms with Gasteiger partial charge in [-0.2, -0.15) is 0 Å². The van der Waals surface area contributed by atoms with Gasteiger partial charge in [0, 0.05) is 23.7 Å². The second-order valence-corrected chi connectivity index (χ2v) is 7.68. The normalized spacial score (nSPS) is 15.6. The number of non-ortho nitro benzene ring substituents is 1. The Morgan fingerprint density at radius 2 is 1.87 bits per heavy atom. The van der Waals surface area contributed by atoms with Crippen LogP contribution in [0, 0.1) is 16.0 Å². The van der Waals surface area contributed by atoms with Crippen LogP contribution in [0.2, 0.25) is 0 Å². The number of carbonyl (C=O) groups is 1.